The maximum atomic E-state index is 12.2. The zero-order valence-electron chi connectivity index (χ0n) is 16.7. The first-order valence-electron chi connectivity index (χ1n) is 8.29. The van der Waals surface area contributed by atoms with E-state index in [0.29, 0.717) is 11.0 Å². The Hall–Kier alpha value is -1.02. The molecule has 2 aliphatic heterocycles. The largest absolute Gasteiger partial charge is 1.00 e. The Bertz CT molecular complexity index is 1090. The van der Waals surface area contributed by atoms with Crippen molar-refractivity contribution in [1.29, 1.82) is 0 Å². The van der Waals surface area contributed by atoms with E-state index in [2.05, 4.69) is 15.0 Å². The summed E-state index contributed by atoms with van der Waals surface area (Å²) < 4.78 is 1.40. The molecule has 3 rings (SSSR count). The van der Waals surface area contributed by atoms with Crippen LogP contribution in [-0.2, 0) is 6.54 Å². The summed E-state index contributed by atoms with van der Waals surface area (Å²) in [6, 6.07) is 3.53. The second kappa shape index (κ2) is 9.20. The van der Waals surface area contributed by atoms with E-state index in [4.69, 9.17) is 5.11 Å². The van der Waals surface area contributed by atoms with Crippen LogP contribution in [0.2, 0.25) is 0 Å². The standard InChI is InChI=1S/C17H20N4O6.K.H/c1-7-3-9-10(4-8(7)2)21(5-11(23)14(25)12(24)6-22)15-13(18-9)16(26)20-17(27)19-15;;/h3-4,11-12,14,22-25H,5-6H2,1-2H3,(H,20,26,27);;/q;+1;-1/t11-,12+,14-;;/m0../s1. The van der Waals surface area contributed by atoms with Crippen molar-refractivity contribution >= 4 is 11.0 Å². The van der Waals surface area contributed by atoms with Gasteiger partial charge >= 0.3 is 57.1 Å². The number of aromatic nitrogens is 4. The van der Waals surface area contributed by atoms with Crippen LogP contribution < -0.4 is 62.6 Å². The van der Waals surface area contributed by atoms with Gasteiger partial charge in [-0.05, 0) is 37.1 Å². The molecule has 5 N–H and O–H groups in total. The number of aryl methyl sites for hydroxylation is 2. The van der Waals surface area contributed by atoms with E-state index in [1.54, 1.807) is 12.1 Å². The van der Waals surface area contributed by atoms with Gasteiger partial charge in [-0.2, -0.15) is 4.98 Å². The molecule has 0 spiro atoms. The topological polar surface area (TPSA) is 162 Å². The van der Waals surface area contributed by atoms with Crippen LogP contribution in [0.4, 0.5) is 0 Å². The summed E-state index contributed by atoms with van der Waals surface area (Å²) in [7, 11) is 0. The van der Waals surface area contributed by atoms with Gasteiger partial charge in [0.05, 0.1) is 24.2 Å². The van der Waals surface area contributed by atoms with Crippen molar-refractivity contribution in [2.45, 2.75) is 38.7 Å². The molecular formula is C17H21KN4O6. The number of aromatic amines is 1. The Morgan fingerprint density at radius 2 is 1.75 bits per heavy atom. The zero-order valence-corrected chi connectivity index (χ0v) is 18.9. The van der Waals surface area contributed by atoms with Gasteiger partial charge in [0.2, 0.25) is 0 Å². The van der Waals surface area contributed by atoms with Gasteiger partial charge in [0.25, 0.3) is 5.56 Å². The average molecular weight is 416 g/mol. The van der Waals surface area contributed by atoms with Crippen molar-refractivity contribution in [2.24, 2.45) is 0 Å². The maximum Gasteiger partial charge on any atom is 1.00 e. The van der Waals surface area contributed by atoms with E-state index >= 15 is 0 Å². The molecule has 1 aromatic carbocycles. The molecule has 3 atom stereocenters. The number of aliphatic hydroxyl groups excluding tert-OH is 4. The molecule has 146 valence electrons. The normalized spacial score (nSPS) is 14.6. The molecule has 0 aromatic heterocycles. The Morgan fingerprint density at radius 1 is 1.11 bits per heavy atom. The van der Waals surface area contributed by atoms with Crippen LogP contribution in [0.25, 0.3) is 22.6 Å². The smallest absolute Gasteiger partial charge is 1.00 e. The molecule has 2 heterocycles. The number of H-pyrrole nitrogens is 1. The quantitative estimate of drug-likeness (QED) is 0.205. The fourth-order valence-corrected chi connectivity index (χ4v) is 2.89. The van der Waals surface area contributed by atoms with Crippen molar-refractivity contribution in [3.05, 3.63) is 44.1 Å². The second-order valence-corrected chi connectivity index (χ2v) is 6.50. The Kier molecular flexibility index (Phi) is 7.64. The van der Waals surface area contributed by atoms with Gasteiger partial charge in [-0.25, -0.2) is 9.78 Å². The molecule has 11 heteroatoms. The molecule has 0 radical (unpaired) electrons. The summed E-state index contributed by atoms with van der Waals surface area (Å²) in [4.78, 5) is 34.0. The first-order chi connectivity index (χ1) is 12.7. The predicted octanol–water partition coefficient (Wildman–Crippen LogP) is -4.61. The van der Waals surface area contributed by atoms with Crippen LogP contribution in [0.3, 0.4) is 0 Å². The third-order valence-electron chi connectivity index (χ3n) is 4.57. The number of aliphatic hydroxyl groups is 4. The van der Waals surface area contributed by atoms with Gasteiger partial charge in [-0.3, -0.25) is 9.78 Å². The summed E-state index contributed by atoms with van der Waals surface area (Å²) >= 11 is 0. The van der Waals surface area contributed by atoms with Crippen molar-refractivity contribution in [2.75, 3.05) is 6.61 Å². The summed E-state index contributed by atoms with van der Waals surface area (Å²) in [5.74, 6) is -0.0516. The number of benzene rings is 1. The van der Waals surface area contributed by atoms with E-state index in [9.17, 15) is 24.9 Å². The fourth-order valence-electron chi connectivity index (χ4n) is 2.89. The number of nitrogens with one attached hydrogen (secondary N) is 1. The third-order valence-corrected chi connectivity index (χ3v) is 4.57. The Balaban J connectivity index is 0.00000210. The molecule has 10 nitrogen and oxygen atoms in total. The number of hydrogen-bond acceptors (Lipinski definition) is 8. The SMILES string of the molecule is Cc1cc2nc3c(=O)[nH]c(=O)nc-3n(C[C@H](O)[C@H](O)[C@H](O)CO)c2cc1C.[H-].[K+]. The Labute approximate surface area is 203 Å². The third kappa shape index (κ3) is 4.42. The molecule has 28 heavy (non-hydrogen) atoms. The van der Waals surface area contributed by atoms with Crippen LogP contribution in [0.1, 0.15) is 12.6 Å². The number of fused-ring (bicyclic) bond motifs is 2. The molecule has 0 saturated heterocycles. The predicted molar refractivity (Wildman–Crippen MR) is 96.7 cm³/mol. The van der Waals surface area contributed by atoms with Crippen molar-refractivity contribution < 1.29 is 73.2 Å². The van der Waals surface area contributed by atoms with Crippen molar-refractivity contribution in [1.82, 2.24) is 19.5 Å². The summed E-state index contributed by atoms with van der Waals surface area (Å²) in [5, 5.41) is 38.8. The van der Waals surface area contributed by atoms with E-state index in [1.807, 2.05) is 13.8 Å². The van der Waals surface area contributed by atoms with Crippen LogP contribution in [-0.4, -0.2) is 64.9 Å². The van der Waals surface area contributed by atoms with Gasteiger partial charge in [0, 0.05) is 0 Å². The van der Waals surface area contributed by atoms with E-state index in [-0.39, 0.29) is 70.9 Å². The summed E-state index contributed by atoms with van der Waals surface area (Å²) in [6.07, 6.45) is -4.68. The minimum Gasteiger partial charge on any atom is -1.00 e. The van der Waals surface area contributed by atoms with E-state index < -0.39 is 36.2 Å². The van der Waals surface area contributed by atoms with Gasteiger partial charge in [0.1, 0.15) is 18.3 Å². The van der Waals surface area contributed by atoms with Crippen LogP contribution in [0.5, 0.6) is 0 Å². The minimum absolute atomic E-state index is 0. The summed E-state index contributed by atoms with van der Waals surface area (Å²) in [6.45, 7) is 2.73. The summed E-state index contributed by atoms with van der Waals surface area (Å²) in [5.41, 5.74) is 1.11. The van der Waals surface area contributed by atoms with Crippen LogP contribution >= 0.6 is 0 Å². The Morgan fingerprint density at radius 3 is 2.39 bits per heavy atom. The van der Waals surface area contributed by atoms with Crippen molar-refractivity contribution in [3.63, 3.8) is 0 Å². The number of rotatable bonds is 5. The molecule has 0 aliphatic carbocycles. The first-order valence-corrected chi connectivity index (χ1v) is 8.29. The minimum atomic E-state index is -1.64. The monoisotopic (exact) mass is 416 g/mol. The molecule has 1 aromatic rings. The maximum absolute atomic E-state index is 12.2. The number of hydrogen-bond donors (Lipinski definition) is 5. The number of nitrogens with zero attached hydrogens (tertiary/aromatic N) is 3. The van der Waals surface area contributed by atoms with Crippen LogP contribution in [0, 0.1) is 13.8 Å². The first kappa shape index (κ1) is 23.3. The average Bonchev–Trinajstić information content (AvgIpc) is 2.62. The van der Waals surface area contributed by atoms with Gasteiger partial charge in [-0.1, -0.05) is 0 Å². The van der Waals surface area contributed by atoms with Gasteiger partial charge < -0.3 is 26.4 Å². The molecule has 0 unspecified atom stereocenters. The molecule has 2 aliphatic rings. The van der Waals surface area contributed by atoms with Crippen LogP contribution in [0.15, 0.2) is 21.7 Å². The van der Waals surface area contributed by atoms with E-state index in [1.165, 1.54) is 4.57 Å². The van der Waals surface area contributed by atoms with E-state index in [0.717, 1.165) is 11.1 Å². The molecule has 0 fully saturated rings. The van der Waals surface area contributed by atoms with Gasteiger partial charge in [0.15, 0.2) is 11.5 Å². The molecule has 0 saturated carbocycles. The molecule has 0 amide bonds. The molecule has 0 bridgehead atoms. The zero-order chi connectivity index (χ0) is 19.9. The van der Waals surface area contributed by atoms with Gasteiger partial charge in [-0.15, -0.1) is 0 Å². The fraction of sp³-hybridized carbons (Fsp3) is 0.412. The van der Waals surface area contributed by atoms with Crippen molar-refractivity contribution in [3.8, 4) is 11.5 Å². The second-order valence-electron chi connectivity index (χ2n) is 6.50. The molecular weight excluding hydrogens is 395 g/mol.